The van der Waals surface area contributed by atoms with Gasteiger partial charge in [0.05, 0.1) is 10.3 Å². The number of benzene rings is 1. The highest BCUT2D eigenvalue weighted by Crippen LogP contribution is 2.52. The maximum Gasteiger partial charge on any atom is 0.261 e. The van der Waals surface area contributed by atoms with E-state index < -0.39 is 15.4 Å². The number of allylic oxidation sites excluding steroid dienone is 2. The summed E-state index contributed by atoms with van der Waals surface area (Å²) >= 11 is 0. The van der Waals surface area contributed by atoms with Crippen molar-refractivity contribution in [2.75, 3.05) is 0 Å². The molecule has 0 aliphatic heterocycles. The molecule has 3 atom stereocenters. The average molecular weight is 426 g/mol. The van der Waals surface area contributed by atoms with Gasteiger partial charge in [-0.2, -0.15) is 0 Å². The zero-order valence-electron chi connectivity index (χ0n) is 17.7. The lowest BCUT2D eigenvalue weighted by atomic mass is 9.63. The van der Waals surface area contributed by atoms with E-state index in [1.54, 1.807) is 24.3 Å². The first kappa shape index (κ1) is 21.2. The first-order chi connectivity index (χ1) is 14.3. The molecule has 4 aliphatic carbocycles. The quantitative estimate of drug-likeness (QED) is 0.693. The fourth-order valence-electron chi connectivity index (χ4n) is 5.63. The van der Waals surface area contributed by atoms with E-state index in [1.165, 1.54) is 19.3 Å². The summed E-state index contributed by atoms with van der Waals surface area (Å²) in [5.74, 6) is 3.48. The molecule has 4 aliphatic rings. The van der Waals surface area contributed by atoms with Gasteiger partial charge in [-0.3, -0.25) is 9.52 Å². The second-order valence-corrected chi connectivity index (χ2v) is 11.1. The summed E-state index contributed by atoms with van der Waals surface area (Å²) in [4.78, 5) is 12.9. The number of carbonyl (C=O) groups excluding carboxylic acids is 1. The van der Waals surface area contributed by atoms with Crippen LogP contribution in [0.4, 0.5) is 0 Å². The lowest BCUT2D eigenvalue weighted by molar-refractivity contribution is -0.124. The van der Waals surface area contributed by atoms with Gasteiger partial charge in [-0.05, 0) is 50.2 Å². The second kappa shape index (κ2) is 8.23. The summed E-state index contributed by atoms with van der Waals surface area (Å²) in [7, 11) is -3.78. The number of nitrogens with one attached hydrogen (secondary N) is 1. The van der Waals surface area contributed by atoms with E-state index in [0.29, 0.717) is 18.0 Å². The van der Waals surface area contributed by atoms with Gasteiger partial charge in [0.1, 0.15) is 5.78 Å². The van der Waals surface area contributed by atoms with Gasteiger partial charge in [0, 0.05) is 18.0 Å². The summed E-state index contributed by atoms with van der Waals surface area (Å²) < 4.78 is 29.3. The van der Waals surface area contributed by atoms with Gasteiger partial charge in [-0.25, -0.2) is 8.42 Å². The molecule has 2 bridgehead atoms. The second-order valence-electron chi connectivity index (χ2n) is 9.37. The number of rotatable bonds is 5. The molecule has 1 aromatic rings. The lowest BCUT2D eigenvalue weighted by Crippen LogP contribution is -2.41. The number of aryl methyl sites for hydroxylation is 1. The largest absolute Gasteiger partial charge is 0.299 e. The van der Waals surface area contributed by atoms with Crippen LogP contribution in [0.2, 0.25) is 0 Å². The van der Waals surface area contributed by atoms with Gasteiger partial charge in [0.25, 0.3) is 10.0 Å². The van der Waals surface area contributed by atoms with Crippen LogP contribution in [0.5, 0.6) is 0 Å². The van der Waals surface area contributed by atoms with E-state index in [0.717, 1.165) is 37.7 Å². The molecule has 0 spiro atoms. The minimum Gasteiger partial charge on any atom is -0.299 e. The zero-order chi connectivity index (χ0) is 21.4. The molecule has 2 saturated carbocycles. The number of fused-ring (bicyclic) bond motifs is 3. The van der Waals surface area contributed by atoms with E-state index in [1.807, 2.05) is 13.0 Å². The lowest BCUT2D eigenvalue weighted by Gasteiger charge is -2.41. The summed E-state index contributed by atoms with van der Waals surface area (Å²) in [5.41, 5.74) is 0.844. The van der Waals surface area contributed by atoms with Crippen molar-refractivity contribution in [2.45, 2.75) is 69.6 Å². The Labute approximate surface area is 180 Å². The van der Waals surface area contributed by atoms with Gasteiger partial charge in [0.2, 0.25) is 0 Å². The topological polar surface area (TPSA) is 63.2 Å². The summed E-state index contributed by atoms with van der Waals surface area (Å²) in [6, 6.07) is 6.82. The van der Waals surface area contributed by atoms with Crippen molar-refractivity contribution < 1.29 is 13.2 Å². The monoisotopic (exact) mass is 425 g/mol. The number of ketones is 1. The van der Waals surface area contributed by atoms with E-state index >= 15 is 0 Å². The van der Waals surface area contributed by atoms with Crippen LogP contribution in [-0.4, -0.2) is 14.2 Å². The SMILES string of the molecule is C#C[C@@]1(CC2CCCCC2)C(NS(=O)(=O)c2ccc(C)cc2)=C[C@H]2CC[C@@H]1CC2=O. The van der Waals surface area contributed by atoms with Gasteiger partial charge in [-0.1, -0.05) is 61.8 Å². The van der Waals surface area contributed by atoms with Crippen LogP contribution < -0.4 is 4.72 Å². The molecule has 1 N–H and O–H groups in total. The van der Waals surface area contributed by atoms with Gasteiger partial charge in [-0.15, -0.1) is 6.42 Å². The van der Waals surface area contributed by atoms with Crippen LogP contribution >= 0.6 is 0 Å². The maximum absolute atomic E-state index is 13.2. The molecular formula is C25H31NO3S. The van der Waals surface area contributed by atoms with Crippen molar-refractivity contribution in [3.8, 4) is 12.3 Å². The minimum absolute atomic E-state index is 0.00245. The fourth-order valence-corrected chi connectivity index (χ4v) is 6.78. The predicted molar refractivity (Wildman–Crippen MR) is 118 cm³/mol. The zero-order valence-corrected chi connectivity index (χ0v) is 18.5. The van der Waals surface area contributed by atoms with Gasteiger partial charge in [0.15, 0.2) is 0 Å². The Kier molecular flexibility index (Phi) is 5.81. The van der Waals surface area contributed by atoms with E-state index in [9.17, 15) is 13.2 Å². The molecule has 0 unspecified atom stereocenters. The third-order valence-corrected chi connectivity index (χ3v) is 8.78. The Balaban J connectivity index is 1.73. The van der Waals surface area contributed by atoms with E-state index in [2.05, 4.69) is 10.6 Å². The number of sulfonamides is 1. The Morgan fingerprint density at radius 1 is 1.10 bits per heavy atom. The van der Waals surface area contributed by atoms with Crippen LogP contribution in [-0.2, 0) is 14.8 Å². The van der Waals surface area contributed by atoms with Crippen molar-refractivity contribution in [1.29, 1.82) is 0 Å². The molecule has 2 fully saturated rings. The summed E-state index contributed by atoms with van der Waals surface area (Å²) in [6.45, 7) is 1.93. The smallest absolute Gasteiger partial charge is 0.261 e. The first-order valence-corrected chi connectivity index (χ1v) is 12.6. The number of carbonyl (C=O) groups is 1. The predicted octanol–water partition coefficient (Wildman–Crippen LogP) is 4.75. The molecule has 0 heterocycles. The Hall–Kier alpha value is -2.06. The molecule has 5 heteroatoms. The van der Waals surface area contributed by atoms with E-state index in [-0.39, 0.29) is 22.5 Å². The van der Waals surface area contributed by atoms with Crippen LogP contribution in [0.25, 0.3) is 0 Å². The molecule has 0 saturated heterocycles. The van der Waals surface area contributed by atoms with Crippen molar-refractivity contribution in [2.24, 2.45) is 23.2 Å². The number of hydrogen-bond acceptors (Lipinski definition) is 3. The maximum atomic E-state index is 13.2. The van der Waals surface area contributed by atoms with Crippen molar-refractivity contribution in [3.63, 3.8) is 0 Å². The normalized spacial score (nSPS) is 29.7. The molecular weight excluding hydrogens is 394 g/mol. The molecule has 160 valence electrons. The molecule has 0 amide bonds. The number of hydrogen-bond donors (Lipinski definition) is 1. The standard InChI is InChI=1S/C25H31NO3S/c1-3-25(17-19-7-5-4-6-8-19)21-12-11-20(23(27)16-21)15-24(25)26-30(28,29)22-13-9-18(2)10-14-22/h1,9-10,13-15,19-21,26H,4-8,11-12,16-17H2,2H3/t20-,21-,25+/m1/s1. The Morgan fingerprint density at radius 3 is 2.43 bits per heavy atom. The minimum atomic E-state index is -3.78. The van der Waals surface area contributed by atoms with Crippen molar-refractivity contribution in [3.05, 3.63) is 41.6 Å². The third kappa shape index (κ3) is 3.95. The number of Topliss-reactive ketones (excluding diaryl/α,β-unsaturated/α-hetero) is 1. The summed E-state index contributed by atoms with van der Waals surface area (Å²) in [6.07, 6.45) is 16.8. The molecule has 5 rings (SSSR count). The van der Waals surface area contributed by atoms with Crippen LogP contribution in [0.3, 0.4) is 0 Å². The molecule has 0 radical (unpaired) electrons. The highest BCUT2D eigenvalue weighted by molar-refractivity contribution is 7.89. The molecule has 30 heavy (non-hydrogen) atoms. The Bertz CT molecular complexity index is 980. The van der Waals surface area contributed by atoms with Crippen molar-refractivity contribution in [1.82, 2.24) is 4.72 Å². The first-order valence-electron chi connectivity index (χ1n) is 11.2. The number of terminal acetylenes is 1. The average Bonchev–Trinajstić information content (AvgIpc) is 2.93. The van der Waals surface area contributed by atoms with Crippen molar-refractivity contribution >= 4 is 15.8 Å². The highest BCUT2D eigenvalue weighted by atomic mass is 32.2. The van der Waals surface area contributed by atoms with Gasteiger partial charge >= 0.3 is 0 Å². The fraction of sp³-hybridized carbons (Fsp3) is 0.560. The molecule has 0 aromatic heterocycles. The van der Waals surface area contributed by atoms with Crippen LogP contribution in [0, 0.1) is 42.4 Å². The summed E-state index contributed by atoms with van der Waals surface area (Å²) in [5, 5.41) is 0. The van der Waals surface area contributed by atoms with Gasteiger partial charge < -0.3 is 0 Å². The highest BCUT2D eigenvalue weighted by Gasteiger charge is 2.49. The van der Waals surface area contributed by atoms with Crippen LogP contribution in [0.15, 0.2) is 40.9 Å². The molecule has 4 nitrogen and oxygen atoms in total. The van der Waals surface area contributed by atoms with Crippen LogP contribution in [0.1, 0.15) is 63.4 Å². The Morgan fingerprint density at radius 2 is 1.80 bits per heavy atom. The molecule has 1 aromatic carbocycles. The third-order valence-electron chi connectivity index (χ3n) is 7.40. The van der Waals surface area contributed by atoms with E-state index in [4.69, 9.17) is 6.42 Å².